The molecule has 0 saturated carbocycles. The second-order valence-electron chi connectivity index (χ2n) is 6.02. The lowest BCUT2D eigenvalue weighted by Crippen LogP contribution is -2.45. The van der Waals surface area contributed by atoms with Crippen molar-refractivity contribution in [1.29, 1.82) is 0 Å². The fraction of sp³-hybridized carbons (Fsp3) is 0.562. The van der Waals surface area contributed by atoms with Gasteiger partial charge in [-0.1, -0.05) is 18.2 Å². The minimum atomic E-state index is -4.11. The van der Waals surface area contributed by atoms with E-state index in [4.69, 9.17) is 0 Å². The second kappa shape index (κ2) is 5.91. The van der Waals surface area contributed by atoms with Gasteiger partial charge in [0.05, 0.1) is 12.5 Å². The third-order valence-corrected chi connectivity index (χ3v) is 4.60. The lowest BCUT2D eigenvalue weighted by atomic mass is 9.96. The number of fused-ring (bicyclic) bond motifs is 1. The molecular weight excluding hydrogens is 293 g/mol. The van der Waals surface area contributed by atoms with Crippen molar-refractivity contribution < 1.29 is 18.0 Å². The summed E-state index contributed by atoms with van der Waals surface area (Å²) in [6, 6.07) is 7.79. The topological polar surface area (TPSA) is 23.6 Å². The number of hydrogen-bond acceptors (Lipinski definition) is 2. The molecule has 120 valence electrons. The van der Waals surface area contributed by atoms with Crippen LogP contribution in [0.25, 0.3) is 0 Å². The van der Waals surface area contributed by atoms with Crippen molar-refractivity contribution in [3.8, 4) is 0 Å². The monoisotopic (exact) mass is 312 g/mol. The molecule has 0 radical (unpaired) electrons. The zero-order valence-electron chi connectivity index (χ0n) is 12.3. The molecular formula is C16H19F3N2O. The molecule has 0 aliphatic carbocycles. The summed E-state index contributed by atoms with van der Waals surface area (Å²) < 4.78 is 37.9. The van der Waals surface area contributed by atoms with E-state index in [1.165, 1.54) is 0 Å². The van der Waals surface area contributed by atoms with Gasteiger partial charge in [0, 0.05) is 12.2 Å². The first kappa shape index (κ1) is 15.3. The highest BCUT2D eigenvalue weighted by molar-refractivity contribution is 5.96. The van der Waals surface area contributed by atoms with Gasteiger partial charge in [-0.3, -0.25) is 9.69 Å². The molecule has 0 N–H and O–H groups in total. The number of carbonyl (C=O) groups excluding carboxylic acids is 1. The van der Waals surface area contributed by atoms with Gasteiger partial charge in [-0.15, -0.1) is 0 Å². The van der Waals surface area contributed by atoms with Gasteiger partial charge in [-0.2, -0.15) is 13.2 Å². The van der Waals surface area contributed by atoms with Crippen molar-refractivity contribution >= 4 is 11.6 Å². The average Bonchev–Trinajstić information content (AvgIpc) is 2.91. The third kappa shape index (κ3) is 3.11. The summed E-state index contributed by atoms with van der Waals surface area (Å²) in [5.74, 6) is -1.23. The van der Waals surface area contributed by atoms with Crippen molar-refractivity contribution in [2.45, 2.75) is 25.4 Å². The maximum atomic E-state index is 12.6. The van der Waals surface area contributed by atoms with E-state index < -0.39 is 12.1 Å². The SMILES string of the molecule is O=C(CN1CCC(C(F)(F)F)CC1)N1CCc2ccccc21. The normalized spacial score (nSPS) is 20.2. The Morgan fingerprint density at radius 3 is 2.50 bits per heavy atom. The summed E-state index contributed by atoms with van der Waals surface area (Å²) in [6.45, 7) is 1.55. The van der Waals surface area contributed by atoms with Crippen molar-refractivity contribution in [2.75, 3.05) is 31.1 Å². The van der Waals surface area contributed by atoms with Gasteiger partial charge >= 0.3 is 6.18 Å². The molecule has 2 heterocycles. The van der Waals surface area contributed by atoms with Gasteiger partial charge < -0.3 is 4.90 Å². The van der Waals surface area contributed by atoms with E-state index in [9.17, 15) is 18.0 Å². The molecule has 3 rings (SSSR count). The van der Waals surface area contributed by atoms with Crippen LogP contribution in [-0.2, 0) is 11.2 Å². The number of likely N-dealkylation sites (tertiary alicyclic amines) is 1. The highest BCUT2D eigenvalue weighted by Gasteiger charge is 2.41. The second-order valence-corrected chi connectivity index (χ2v) is 6.02. The van der Waals surface area contributed by atoms with Crippen molar-refractivity contribution in [1.82, 2.24) is 4.90 Å². The summed E-state index contributed by atoms with van der Waals surface area (Å²) in [7, 11) is 0. The Hall–Kier alpha value is -1.56. The van der Waals surface area contributed by atoms with Crippen LogP contribution in [-0.4, -0.2) is 43.2 Å². The third-order valence-electron chi connectivity index (χ3n) is 4.60. The van der Waals surface area contributed by atoms with Gasteiger partial charge in [0.15, 0.2) is 0 Å². The molecule has 0 atom stereocenters. The smallest absolute Gasteiger partial charge is 0.311 e. The summed E-state index contributed by atoms with van der Waals surface area (Å²) in [5.41, 5.74) is 2.10. The number of hydrogen-bond donors (Lipinski definition) is 0. The summed E-state index contributed by atoms with van der Waals surface area (Å²) >= 11 is 0. The maximum Gasteiger partial charge on any atom is 0.391 e. The Balaban J connectivity index is 1.56. The molecule has 1 saturated heterocycles. The van der Waals surface area contributed by atoms with E-state index in [0.717, 1.165) is 17.7 Å². The fourth-order valence-electron chi connectivity index (χ4n) is 3.29. The highest BCUT2D eigenvalue weighted by Crippen LogP contribution is 2.34. The van der Waals surface area contributed by atoms with Gasteiger partial charge in [0.1, 0.15) is 0 Å². The first-order valence-electron chi connectivity index (χ1n) is 7.62. The van der Waals surface area contributed by atoms with Gasteiger partial charge in [0.2, 0.25) is 5.91 Å². The number of halogens is 3. The number of carbonyl (C=O) groups is 1. The molecule has 2 aliphatic rings. The quantitative estimate of drug-likeness (QED) is 0.838. The number of anilines is 1. The predicted octanol–water partition coefficient (Wildman–Crippen LogP) is 2.85. The van der Waals surface area contributed by atoms with E-state index in [0.29, 0.717) is 19.6 Å². The van der Waals surface area contributed by atoms with Crippen LogP contribution in [0.15, 0.2) is 24.3 Å². The van der Waals surface area contributed by atoms with Crippen LogP contribution in [0.1, 0.15) is 18.4 Å². The average molecular weight is 312 g/mol. The molecule has 6 heteroatoms. The Bertz CT molecular complexity index is 551. The first-order chi connectivity index (χ1) is 10.4. The molecule has 22 heavy (non-hydrogen) atoms. The zero-order chi connectivity index (χ0) is 15.7. The van der Waals surface area contributed by atoms with E-state index in [1.54, 1.807) is 4.90 Å². The first-order valence-corrected chi connectivity index (χ1v) is 7.62. The molecule has 2 aliphatic heterocycles. The summed E-state index contributed by atoms with van der Waals surface area (Å²) in [5, 5.41) is 0. The van der Waals surface area contributed by atoms with E-state index in [2.05, 4.69) is 0 Å². The summed E-state index contributed by atoms with van der Waals surface area (Å²) in [4.78, 5) is 16.0. The summed E-state index contributed by atoms with van der Waals surface area (Å²) in [6.07, 6.45) is -3.08. The molecule has 1 fully saturated rings. The lowest BCUT2D eigenvalue weighted by Gasteiger charge is -2.33. The van der Waals surface area contributed by atoms with E-state index in [1.807, 2.05) is 29.2 Å². The van der Waals surface area contributed by atoms with Crippen LogP contribution < -0.4 is 4.90 Å². The molecule has 1 amide bonds. The van der Waals surface area contributed by atoms with Crippen LogP contribution in [0.4, 0.5) is 18.9 Å². The zero-order valence-corrected chi connectivity index (χ0v) is 12.3. The van der Waals surface area contributed by atoms with Gasteiger partial charge in [0.25, 0.3) is 0 Å². The molecule has 0 spiro atoms. The maximum absolute atomic E-state index is 12.6. The molecule has 1 aromatic carbocycles. The standard InChI is InChI=1S/C16H19F3N2O/c17-16(18,19)13-6-8-20(9-7-13)11-15(22)21-10-5-12-3-1-2-4-14(12)21/h1-4,13H,5-11H2. The number of amides is 1. The molecule has 0 bridgehead atoms. The number of para-hydroxylation sites is 1. The van der Waals surface area contributed by atoms with E-state index in [-0.39, 0.29) is 25.3 Å². The molecule has 3 nitrogen and oxygen atoms in total. The lowest BCUT2D eigenvalue weighted by molar-refractivity contribution is -0.185. The van der Waals surface area contributed by atoms with E-state index >= 15 is 0 Å². The Morgan fingerprint density at radius 2 is 1.82 bits per heavy atom. The van der Waals surface area contributed by atoms with Gasteiger partial charge in [-0.25, -0.2) is 0 Å². The van der Waals surface area contributed by atoms with Crippen LogP contribution in [0, 0.1) is 5.92 Å². The van der Waals surface area contributed by atoms with Crippen molar-refractivity contribution in [3.63, 3.8) is 0 Å². The number of alkyl halides is 3. The Morgan fingerprint density at radius 1 is 1.14 bits per heavy atom. The van der Waals surface area contributed by atoms with Crippen LogP contribution in [0.5, 0.6) is 0 Å². The Kier molecular flexibility index (Phi) is 4.12. The number of rotatable bonds is 2. The van der Waals surface area contributed by atoms with Gasteiger partial charge in [-0.05, 0) is 44.0 Å². The van der Waals surface area contributed by atoms with Crippen LogP contribution in [0.3, 0.4) is 0 Å². The largest absolute Gasteiger partial charge is 0.391 e. The fourth-order valence-corrected chi connectivity index (χ4v) is 3.29. The Labute approximate surface area is 127 Å². The molecule has 0 aromatic heterocycles. The van der Waals surface area contributed by atoms with Crippen LogP contribution in [0.2, 0.25) is 0 Å². The number of benzene rings is 1. The predicted molar refractivity (Wildman–Crippen MR) is 77.7 cm³/mol. The minimum Gasteiger partial charge on any atom is -0.311 e. The molecule has 1 aromatic rings. The molecule has 0 unspecified atom stereocenters. The number of nitrogens with zero attached hydrogens (tertiary/aromatic N) is 2. The van der Waals surface area contributed by atoms with Crippen molar-refractivity contribution in [3.05, 3.63) is 29.8 Å². The van der Waals surface area contributed by atoms with Crippen molar-refractivity contribution in [2.24, 2.45) is 5.92 Å². The highest BCUT2D eigenvalue weighted by atomic mass is 19.4. The minimum absolute atomic E-state index is 0.0181. The van der Waals surface area contributed by atoms with Crippen LogP contribution >= 0.6 is 0 Å². The number of piperidine rings is 1.